The number of nitrogens with one attached hydrogen (secondary N) is 1. The van der Waals surface area contributed by atoms with E-state index in [1.165, 1.54) is 7.11 Å². The molecule has 0 heterocycles. The minimum absolute atomic E-state index is 0.0610. The van der Waals surface area contributed by atoms with Crippen molar-refractivity contribution in [3.8, 4) is 0 Å². The van der Waals surface area contributed by atoms with Crippen molar-refractivity contribution in [1.29, 1.82) is 0 Å². The van der Waals surface area contributed by atoms with Crippen molar-refractivity contribution in [3.63, 3.8) is 0 Å². The fraction of sp³-hybridized carbons (Fsp3) is 0.438. The number of hydrogen-bond acceptors (Lipinski definition) is 6. The van der Waals surface area contributed by atoms with Crippen molar-refractivity contribution in [2.24, 2.45) is 17.4 Å². The summed E-state index contributed by atoms with van der Waals surface area (Å²) in [6.07, 6.45) is 0.270. The van der Waals surface area contributed by atoms with Crippen LogP contribution in [0.15, 0.2) is 30.3 Å². The molecule has 0 fully saturated rings. The van der Waals surface area contributed by atoms with Gasteiger partial charge in [0, 0.05) is 6.42 Å². The molecular weight excluding hydrogens is 314 g/mol. The number of rotatable bonds is 9. The Morgan fingerprint density at radius 2 is 1.88 bits per heavy atom. The molecule has 132 valence electrons. The molecule has 3 atom stereocenters. The summed E-state index contributed by atoms with van der Waals surface area (Å²) in [4.78, 5) is 35.3. The summed E-state index contributed by atoms with van der Waals surface area (Å²) in [5.74, 6) is -3.70. The van der Waals surface area contributed by atoms with Crippen LogP contribution in [0.4, 0.5) is 0 Å². The van der Waals surface area contributed by atoms with Crippen LogP contribution in [-0.2, 0) is 25.5 Å². The van der Waals surface area contributed by atoms with E-state index >= 15 is 0 Å². The number of benzene rings is 1. The Morgan fingerprint density at radius 1 is 1.25 bits per heavy atom. The minimum atomic E-state index is -1.31. The lowest BCUT2D eigenvalue weighted by Gasteiger charge is -2.22. The minimum Gasteiger partial charge on any atom is -0.481 e. The number of nitrogens with two attached hydrogens (primary N) is 2. The van der Waals surface area contributed by atoms with Crippen LogP contribution in [0.2, 0.25) is 0 Å². The van der Waals surface area contributed by atoms with Crippen molar-refractivity contribution in [2.45, 2.75) is 24.9 Å². The van der Waals surface area contributed by atoms with Gasteiger partial charge in [-0.1, -0.05) is 30.3 Å². The second-order valence-corrected chi connectivity index (χ2v) is 5.32. The molecule has 0 radical (unpaired) electrons. The van der Waals surface area contributed by atoms with Crippen molar-refractivity contribution in [1.82, 2.24) is 5.32 Å². The van der Waals surface area contributed by atoms with Gasteiger partial charge >= 0.3 is 11.9 Å². The first-order chi connectivity index (χ1) is 11.4. The van der Waals surface area contributed by atoms with Crippen LogP contribution in [0.3, 0.4) is 0 Å². The molecule has 8 heteroatoms. The van der Waals surface area contributed by atoms with Gasteiger partial charge in [0.2, 0.25) is 5.91 Å². The Kier molecular flexibility index (Phi) is 7.87. The van der Waals surface area contributed by atoms with Gasteiger partial charge in [-0.2, -0.15) is 0 Å². The number of aliphatic carboxylic acids is 1. The van der Waals surface area contributed by atoms with Gasteiger partial charge in [-0.05, 0) is 18.5 Å². The molecule has 0 aliphatic heterocycles. The van der Waals surface area contributed by atoms with Crippen LogP contribution in [0.5, 0.6) is 0 Å². The molecule has 0 saturated carbocycles. The topological polar surface area (TPSA) is 145 Å². The second-order valence-electron chi connectivity index (χ2n) is 5.32. The Balaban J connectivity index is 2.83. The number of carboxylic acids is 1. The highest BCUT2D eigenvalue weighted by atomic mass is 16.5. The summed E-state index contributed by atoms with van der Waals surface area (Å²) < 4.78 is 4.69. The van der Waals surface area contributed by atoms with E-state index in [0.717, 1.165) is 5.56 Å². The maximum absolute atomic E-state index is 12.2. The average molecular weight is 337 g/mol. The number of methoxy groups -OCH3 is 1. The molecule has 0 spiro atoms. The third kappa shape index (κ3) is 5.64. The molecule has 1 aromatic carbocycles. The molecule has 3 unspecified atom stereocenters. The Bertz CT molecular complexity index is 564. The lowest BCUT2D eigenvalue weighted by atomic mass is 9.95. The lowest BCUT2D eigenvalue weighted by Crippen LogP contribution is -2.53. The van der Waals surface area contributed by atoms with Gasteiger partial charge in [0.15, 0.2) is 0 Å². The molecule has 1 aromatic rings. The summed E-state index contributed by atoms with van der Waals surface area (Å²) in [7, 11) is 1.21. The number of carbonyl (C=O) groups excluding carboxylic acids is 2. The van der Waals surface area contributed by atoms with Gasteiger partial charge in [-0.25, -0.2) is 4.79 Å². The molecule has 0 aromatic heterocycles. The third-order valence-corrected chi connectivity index (χ3v) is 3.62. The Morgan fingerprint density at radius 3 is 2.38 bits per heavy atom. The van der Waals surface area contributed by atoms with E-state index in [1.54, 1.807) is 24.3 Å². The largest absolute Gasteiger partial charge is 0.481 e. The van der Waals surface area contributed by atoms with E-state index in [-0.39, 0.29) is 19.4 Å². The van der Waals surface area contributed by atoms with Gasteiger partial charge in [0.1, 0.15) is 6.04 Å². The summed E-state index contributed by atoms with van der Waals surface area (Å²) in [5, 5.41) is 11.6. The van der Waals surface area contributed by atoms with Gasteiger partial charge in [-0.3, -0.25) is 9.59 Å². The molecule has 8 nitrogen and oxygen atoms in total. The third-order valence-electron chi connectivity index (χ3n) is 3.62. The number of ether oxygens (including phenoxy) is 1. The molecule has 0 bridgehead atoms. The van der Waals surface area contributed by atoms with Gasteiger partial charge in [-0.15, -0.1) is 0 Å². The van der Waals surface area contributed by atoms with Crippen LogP contribution in [0.1, 0.15) is 12.0 Å². The quantitative estimate of drug-likeness (QED) is 0.434. The standard InChI is InChI=1S/C16H23N3O5/c1-24-16(23)12(9-10-5-3-2-4-6-10)19-14(20)13(18)11(7-8-17)15(21)22/h2-6,11-13H,7-9,17-18H2,1H3,(H,19,20)(H,21,22). The molecule has 0 saturated heterocycles. The fourth-order valence-electron chi connectivity index (χ4n) is 2.27. The molecule has 0 aliphatic carbocycles. The highest BCUT2D eigenvalue weighted by Crippen LogP contribution is 2.09. The molecule has 0 aliphatic rings. The predicted octanol–water partition coefficient (Wildman–Crippen LogP) is -0.736. The smallest absolute Gasteiger partial charge is 0.328 e. The monoisotopic (exact) mass is 337 g/mol. The first kappa shape index (κ1) is 19.6. The summed E-state index contributed by atoms with van der Waals surface area (Å²) in [6.45, 7) is 0.0857. The van der Waals surface area contributed by atoms with E-state index in [0.29, 0.717) is 0 Å². The first-order valence-electron chi connectivity index (χ1n) is 7.51. The number of esters is 1. The molecule has 1 amide bonds. The zero-order valence-electron chi connectivity index (χ0n) is 13.5. The average Bonchev–Trinajstić information content (AvgIpc) is 2.58. The summed E-state index contributed by atoms with van der Waals surface area (Å²) in [5.41, 5.74) is 11.9. The zero-order valence-corrected chi connectivity index (χ0v) is 13.5. The maximum atomic E-state index is 12.2. The van der Waals surface area contributed by atoms with Crippen molar-refractivity contribution >= 4 is 17.8 Å². The summed E-state index contributed by atoms with van der Waals surface area (Å²) in [6, 6.07) is 6.78. The fourth-order valence-corrected chi connectivity index (χ4v) is 2.27. The van der Waals surface area contributed by atoms with Gasteiger partial charge in [0.25, 0.3) is 0 Å². The number of carboxylic acid groups (broad SMARTS) is 1. The zero-order chi connectivity index (χ0) is 18.1. The maximum Gasteiger partial charge on any atom is 0.328 e. The highest BCUT2D eigenvalue weighted by Gasteiger charge is 2.32. The lowest BCUT2D eigenvalue weighted by molar-refractivity contribution is -0.147. The predicted molar refractivity (Wildman–Crippen MR) is 86.9 cm³/mol. The van der Waals surface area contributed by atoms with E-state index in [2.05, 4.69) is 10.1 Å². The van der Waals surface area contributed by atoms with Crippen LogP contribution in [0.25, 0.3) is 0 Å². The molecular formula is C16H23N3O5. The number of carbonyl (C=O) groups is 3. The SMILES string of the molecule is COC(=O)C(Cc1ccccc1)NC(=O)C(N)C(CCN)C(=O)O. The van der Waals surface area contributed by atoms with Crippen LogP contribution in [-0.4, -0.2) is 48.7 Å². The molecule has 6 N–H and O–H groups in total. The summed E-state index contributed by atoms with van der Waals surface area (Å²) >= 11 is 0. The molecule has 24 heavy (non-hydrogen) atoms. The van der Waals surface area contributed by atoms with E-state index in [1.807, 2.05) is 6.07 Å². The van der Waals surface area contributed by atoms with Gasteiger partial charge < -0.3 is 26.6 Å². The second kappa shape index (κ2) is 9.64. The van der Waals surface area contributed by atoms with E-state index in [9.17, 15) is 14.4 Å². The van der Waals surface area contributed by atoms with E-state index < -0.39 is 35.8 Å². The van der Waals surface area contributed by atoms with Crippen molar-refractivity contribution < 1.29 is 24.2 Å². The van der Waals surface area contributed by atoms with Gasteiger partial charge in [0.05, 0.1) is 19.1 Å². The normalized spacial score (nSPS) is 14.3. The number of hydrogen-bond donors (Lipinski definition) is 4. The Labute approximate surface area is 140 Å². The van der Waals surface area contributed by atoms with Crippen molar-refractivity contribution in [3.05, 3.63) is 35.9 Å². The van der Waals surface area contributed by atoms with E-state index in [4.69, 9.17) is 16.6 Å². The van der Waals surface area contributed by atoms with Crippen molar-refractivity contribution in [2.75, 3.05) is 13.7 Å². The highest BCUT2D eigenvalue weighted by molar-refractivity contribution is 5.90. The van der Waals surface area contributed by atoms with Crippen LogP contribution < -0.4 is 16.8 Å². The Hall–Kier alpha value is -2.45. The van der Waals surface area contributed by atoms with Crippen LogP contribution in [0, 0.1) is 5.92 Å². The number of amides is 1. The van der Waals surface area contributed by atoms with Crippen LogP contribution >= 0.6 is 0 Å². The molecule has 1 rings (SSSR count). The first-order valence-corrected chi connectivity index (χ1v) is 7.51.